The number of methoxy groups -OCH3 is 1. The number of rotatable bonds is 5. The molecular weight excluding hydrogens is 397 g/mol. The summed E-state index contributed by atoms with van der Waals surface area (Å²) in [6.07, 6.45) is 1.18. The number of nitrogens with one attached hydrogen (secondary N) is 1. The van der Waals surface area contributed by atoms with E-state index in [0.29, 0.717) is 12.8 Å². The zero-order valence-electron chi connectivity index (χ0n) is 13.9. The van der Waals surface area contributed by atoms with E-state index in [-0.39, 0.29) is 14.9 Å². The Balaban J connectivity index is 1.88. The average molecular weight is 414 g/mol. The van der Waals surface area contributed by atoms with Gasteiger partial charge in [-0.05, 0) is 42.7 Å². The van der Waals surface area contributed by atoms with E-state index in [1.807, 2.05) is 24.3 Å². The number of carbonyl (C=O) groups excluding carboxylic acids is 1. The number of Topliss-reactive ketones (excluding diaryl/α,β-unsaturated/α-hetero) is 1. The molecule has 1 aliphatic rings. The molecule has 5 nitrogen and oxygen atoms in total. The number of fused-ring (bicyclic) bond motifs is 1. The molecule has 0 spiro atoms. The molecule has 0 saturated heterocycles. The Morgan fingerprint density at radius 1 is 1.19 bits per heavy atom. The summed E-state index contributed by atoms with van der Waals surface area (Å²) in [5.41, 5.74) is 0.305. The summed E-state index contributed by atoms with van der Waals surface area (Å²) in [7, 11) is -2.87. The van der Waals surface area contributed by atoms with Gasteiger partial charge in [-0.3, -0.25) is 4.79 Å². The first kappa shape index (κ1) is 19.2. The number of sulfone groups is 1. The van der Waals surface area contributed by atoms with Gasteiger partial charge in [-0.25, -0.2) is 8.42 Å². The molecule has 0 radical (unpaired) electrons. The van der Waals surface area contributed by atoms with Gasteiger partial charge in [0, 0.05) is 12.8 Å². The van der Waals surface area contributed by atoms with Gasteiger partial charge in [0.15, 0.2) is 5.78 Å². The van der Waals surface area contributed by atoms with Crippen LogP contribution in [0.1, 0.15) is 12.0 Å². The summed E-state index contributed by atoms with van der Waals surface area (Å²) in [5, 5.41) is 3.44. The molecule has 8 heteroatoms. The third kappa shape index (κ3) is 3.60. The second-order valence-corrected chi connectivity index (χ2v) is 8.79. The van der Waals surface area contributed by atoms with Crippen LogP contribution in [-0.4, -0.2) is 32.8 Å². The molecule has 1 N–H and O–H groups in total. The molecule has 0 bridgehead atoms. The van der Waals surface area contributed by atoms with Crippen molar-refractivity contribution in [2.24, 2.45) is 0 Å². The lowest BCUT2D eigenvalue weighted by atomic mass is 9.96. The molecule has 138 valence electrons. The number of ketones is 1. The van der Waals surface area contributed by atoms with Crippen molar-refractivity contribution in [3.8, 4) is 0 Å². The van der Waals surface area contributed by atoms with Crippen molar-refractivity contribution in [2.45, 2.75) is 29.2 Å². The van der Waals surface area contributed by atoms with Gasteiger partial charge < -0.3 is 10.1 Å². The van der Waals surface area contributed by atoms with Crippen molar-refractivity contribution in [3.05, 3.63) is 58.1 Å². The van der Waals surface area contributed by atoms with Crippen molar-refractivity contribution in [1.29, 1.82) is 0 Å². The molecular formula is C18H17Cl2NO4S. The van der Waals surface area contributed by atoms with Crippen LogP contribution in [0, 0.1) is 0 Å². The number of halogens is 2. The van der Waals surface area contributed by atoms with Gasteiger partial charge in [0.25, 0.3) is 0 Å². The zero-order chi connectivity index (χ0) is 18.9. The third-order valence-electron chi connectivity index (χ3n) is 4.34. The summed E-state index contributed by atoms with van der Waals surface area (Å²) in [6, 6.07) is 10.9. The summed E-state index contributed by atoms with van der Waals surface area (Å²) in [5.74, 6) is -0.534. The van der Waals surface area contributed by atoms with Gasteiger partial charge in [0.05, 0.1) is 21.0 Å². The molecule has 0 aromatic heterocycles. The van der Waals surface area contributed by atoms with Crippen LogP contribution in [0.15, 0.2) is 47.4 Å². The van der Waals surface area contributed by atoms with E-state index in [0.717, 1.165) is 11.3 Å². The number of ether oxygens (including phenoxy) is 1. The van der Waals surface area contributed by atoms with Gasteiger partial charge in [-0.1, -0.05) is 41.4 Å². The molecule has 1 heterocycles. The number of aryl methyl sites for hydroxylation is 1. The standard InChI is InChI=1S/C18H17Cl2NO4S/c1-25-18(26(23,24)12-7-8-13(19)14(20)10-12)17(22)16-9-6-11-4-2-3-5-15(11)21-16/h2-5,7-8,10,16,18,21H,6,9H2,1H3. The minimum Gasteiger partial charge on any atom is -0.375 e. The minimum atomic E-state index is -4.07. The first-order chi connectivity index (χ1) is 12.3. The maximum Gasteiger partial charge on any atom is 0.223 e. The van der Waals surface area contributed by atoms with Gasteiger partial charge in [-0.2, -0.15) is 0 Å². The van der Waals surface area contributed by atoms with E-state index >= 15 is 0 Å². The first-order valence-corrected chi connectivity index (χ1v) is 10.2. The molecule has 1 aliphatic heterocycles. The first-order valence-electron chi connectivity index (χ1n) is 7.94. The highest BCUT2D eigenvalue weighted by atomic mass is 35.5. The zero-order valence-corrected chi connectivity index (χ0v) is 16.2. The topological polar surface area (TPSA) is 72.5 Å². The lowest BCUT2D eigenvalue weighted by Gasteiger charge is -2.28. The van der Waals surface area contributed by atoms with Gasteiger partial charge in [0.1, 0.15) is 0 Å². The number of hydrogen-bond acceptors (Lipinski definition) is 5. The highest BCUT2D eigenvalue weighted by Gasteiger charge is 2.39. The quantitative estimate of drug-likeness (QED) is 0.807. The smallest absolute Gasteiger partial charge is 0.223 e. The number of para-hydroxylation sites is 1. The highest BCUT2D eigenvalue weighted by Crippen LogP contribution is 2.30. The molecule has 0 fully saturated rings. The van der Waals surface area contributed by atoms with Crippen LogP contribution in [0.3, 0.4) is 0 Å². The van der Waals surface area contributed by atoms with Crippen molar-refractivity contribution >= 4 is 44.5 Å². The molecule has 0 aliphatic carbocycles. The second kappa shape index (κ2) is 7.56. The van der Waals surface area contributed by atoms with Crippen LogP contribution in [0.5, 0.6) is 0 Å². The minimum absolute atomic E-state index is 0.0970. The number of anilines is 1. The lowest BCUT2D eigenvalue weighted by molar-refractivity contribution is -0.125. The number of hydrogen-bond donors (Lipinski definition) is 1. The monoisotopic (exact) mass is 413 g/mol. The predicted octanol–water partition coefficient (Wildman–Crippen LogP) is 3.74. The van der Waals surface area contributed by atoms with E-state index in [1.165, 1.54) is 25.3 Å². The van der Waals surface area contributed by atoms with Crippen LogP contribution in [0.25, 0.3) is 0 Å². The SMILES string of the molecule is COC(C(=O)C1CCc2ccccc2N1)S(=O)(=O)c1ccc(Cl)c(Cl)c1. The Labute approximate surface area is 162 Å². The van der Waals surface area contributed by atoms with E-state index in [2.05, 4.69) is 5.32 Å². The second-order valence-electron chi connectivity index (χ2n) is 5.98. The predicted molar refractivity (Wildman–Crippen MR) is 102 cm³/mol. The maximum absolute atomic E-state index is 12.9. The van der Waals surface area contributed by atoms with Crippen LogP contribution in [0.4, 0.5) is 5.69 Å². The fraction of sp³-hybridized carbons (Fsp3) is 0.278. The van der Waals surface area contributed by atoms with E-state index in [9.17, 15) is 13.2 Å². The number of benzene rings is 2. The van der Waals surface area contributed by atoms with Gasteiger partial charge in [0.2, 0.25) is 15.3 Å². The lowest BCUT2D eigenvalue weighted by Crippen LogP contribution is -2.44. The molecule has 0 saturated carbocycles. The Morgan fingerprint density at radius 2 is 1.92 bits per heavy atom. The Hall–Kier alpha value is -1.60. The van der Waals surface area contributed by atoms with Crippen LogP contribution >= 0.6 is 23.2 Å². The molecule has 26 heavy (non-hydrogen) atoms. The van der Waals surface area contributed by atoms with Crippen molar-refractivity contribution < 1.29 is 17.9 Å². The summed E-state index contributed by atoms with van der Waals surface area (Å²) in [4.78, 5) is 12.8. The molecule has 2 atom stereocenters. The third-order valence-corrected chi connectivity index (χ3v) is 6.98. The Kier molecular flexibility index (Phi) is 5.58. The number of carbonyl (C=O) groups is 1. The highest BCUT2D eigenvalue weighted by molar-refractivity contribution is 7.92. The summed E-state index contributed by atoms with van der Waals surface area (Å²) >= 11 is 11.8. The van der Waals surface area contributed by atoms with E-state index in [4.69, 9.17) is 27.9 Å². The van der Waals surface area contributed by atoms with Crippen molar-refractivity contribution in [2.75, 3.05) is 12.4 Å². The van der Waals surface area contributed by atoms with Crippen LogP contribution in [-0.2, 0) is 25.8 Å². The summed E-state index contributed by atoms with van der Waals surface area (Å²) < 4.78 is 30.9. The Bertz CT molecular complexity index is 946. The van der Waals surface area contributed by atoms with Crippen LogP contribution < -0.4 is 5.32 Å². The van der Waals surface area contributed by atoms with E-state index in [1.54, 1.807) is 0 Å². The summed E-state index contributed by atoms with van der Waals surface area (Å²) in [6.45, 7) is 0. The molecule has 3 rings (SSSR count). The van der Waals surface area contributed by atoms with Crippen LogP contribution in [0.2, 0.25) is 10.0 Å². The van der Waals surface area contributed by atoms with Gasteiger partial charge >= 0.3 is 0 Å². The molecule has 2 aromatic rings. The van der Waals surface area contributed by atoms with Crippen molar-refractivity contribution in [1.82, 2.24) is 0 Å². The van der Waals surface area contributed by atoms with Crippen molar-refractivity contribution in [3.63, 3.8) is 0 Å². The Morgan fingerprint density at radius 3 is 2.62 bits per heavy atom. The van der Waals surface area contributed by atoms with E-state index < -0.39 is 27.1 Å². The molecule has 0 amide bonds. The molecule has 2 aromatic carbocycles. The fourth-order valence-electron chi connectivity index (χ4n) is 2.99. The van der Waals surface area contributed by atoms with Gasteiger partial charge in [-0.15, -0.1) is 0 Å². The average Bonchev–Trinajstić information content (AvgIpc) is 2.63. The fourth-order valence-corrected chi connectivity index (χ4v) is 4.86. The molecule has 2 unspecified atom stereocenters. The normalized spacial score (nSPS) is 17.9. The largest absolute Gasteiger partial charge is 0.375 e. The maximum atomic E-state index is 12.9.